The first kappa shape index (κ1) is 15.5. The van der Waals surface area contributed by atoms with E-state index in [-0.39, 0.29) is 5.75 Å². The lowest BCUT2D eigenvalue weighted by molar-refractivity contribution is 0.443. The molecule has 1 aliphatic carbocycles. The van der Waals surface area contributed by atoms with Crippen LogP contribution in [0.15, 0.2) is 24.3 Å². The summed E-state index contributed by atoms with van der Waals surface area (Å²) in [5, 5.41) is 0. The molecule has 1 fully saturated rings. The van der Waals surface area contributed by atoms with E-state index in [0.29, 0.717) is 6.42 Å². The molecule has 1 saturated carbocycles. The molecule has 0 radical (unpaired) electrons. The largest absolute Gasteiger partial charge is 0.286 e. The summed E-state index contributed by atoms with van der Waals surface area (Å²) in [7, 11) is -3.80. The molecule has 0 saturated heterocycles. The quantitative estimate of drug-likeness (QED) is 0.639. The van der Waals surface area contributed by atoms with Crippen LogP contribution in [0.25, 0.3) is 0 Å². The Morgan fingerprint density at radius 1 is 1.00 bits per heavy atom. The molecule has 0 amide bonds. The highest BCUT2D eigenvalue weighted by atomic mass is 32.2. The molecular weight excluding hydrogens is 272 g/mol. The average molecular weight is 296 g/mol. The molecule has 0 bridgehead atoms. The smallest absolute Gasteiger partial charge is 0.264 e. The summed E-state index contributed by atoms with van der Waals surface area (Å²) in [4.78, 5) is 0. The van der Waals surface area contributed by atoms with Crippen LogP contribution in [0.5, 0.6) is 0 Å². The van der Waals surface area contributed by atoms with Gasteiger partial charge in [0.25, 0.3) is 10.1 Å². The highest BCUT2D eigenvalue weighted by molar-refractivity contribution is 7.85. The maximum atomic E-state index is 10.6. The van der Waals surface area contributed by atoms with Gasteiger partial charge in [-0.25, -0.2) is 0 Å². The minimum absolute atomic E-state index is 0.132. The Labute approximate surface area is 122 Å². The van der Waals surface area contributed by atoms with Gasteiger partial charge in [-0.3, -0.25) is 4.55 Å². The molecule has 0 aliphatic heterocycles. The normalized spacial score (nSPS) is 17.2. The minimum Gasteiger partial charge on any atom is -0.286 e. The molecular formula is C16H24O3S. The van der Waals surface area contributed by atoms with Gasteiger partial charge in [0.1, 0.15) is 0 Å². The average Bonchev–Trinajstić information content (AvgIpc) is 2.44. The topological polar surface area (TPSA) is 54.4 Å². The Kier molecular flexibility index (Phi) is 5.61. The van der Waals surface area contributed by atoms with E-state index in [2.05, 4.69) is 24.3 Å². The molecule has 0 aromatic heterocycles. The molecule has 1 aliphatic rings. The number of aryl methyl sites for hydroxylation is 1. The van der Waals surface area contributed by atoms with Crippen molar-refractivity contribution in [2.24, 2.45) is 0 Å². The van der Waals surface area contributed by atoms with Crippen LogP contribution in [0.3, 0.4) is 0 Å². The lowest BCUT2D eigenvalue weighted by Crippen LogP contribution is -2.05. The summed E-state index contributed by atoms with van der Waals surface area (Å²) in [5.41, 5.74) is 2.70. The molecule has 0 heterocycles. The molecule has 4 heteroatoms. The zero-order valence-electron chi connectivity index (χ0n) is 11.9. The third-order valence-electron chi connectivity index (χ3n) is 4.17. The Morgan fingerprint density at radius 2 is 1.65 bits per heavy atom. The Hall–Kier alpha value is -0.870. The lowest BCUT2D eigenvalue weighted by atomic mass is 9.84. The predicted octanol–water partition coefficient (Wildman–Crippen LogP) is 3.94. The van der Waals surface area contributed by atoms with E-state index in [1.54, 1.807) is 0 Å². The first-order valence-corrected chi connectivity index (χ1v) is 9.19. The van der Waals surface area contributed by atoms with E-state index in [1.165, 1.54) is 43.2 Å². The third-order valence-corrected chi connectivity index (χ3v) is 4.98. The van der Waals surface area contributed by atoms with Crippen molar-refractivity contribution in [1.82, 2.24) is 0 Å². The van der Waals surface area contributed by atoms with Crippen LogP contribution >= 0.6 is 0 Å². The predicted molar refractivity (Wildman–Crippen MR) is 81.6 cm³/mol. The molecule has 2 rings (SSSR count). The number of benzene rings is 1. The van der Waals surface area contributed by atoms with E-state index < -0.39 is 10.1 Å². The fourth-order valence-electron chi connectivity index (χ4n) is 3.01. The van der Waals surface area contributed by atoms with Crippen LogP contribution in [-0.2, 0) is 16.5 Å². The maximum absolute atomic E-state index is 10.6. The third kappa shape index (κ3) is 5.25. The van der Waals surface area contributed by atoms with Crippen molar-refractivity contribution < 1.29 is 13.0 Å². The monoisotopic (exact) mass is 296 g/mol. The fraction of sp³-hybridized carbons (Fsp3) is 0.625. The van der Waals surface area contributed by atoms with Crippen LogP contribution in [0.2, 0.25) is 0 Å². The van der Waals surface area contributed by atoms with E-state index in [1.807, 2.05) is 0 Å². The van der Waals surface area contributed by atoms with Gasteiger partial charge >= 0.3 is 0 Å². The minimum atomic E-state index is -3.80. The summed E-state index contributed by atoms with van der Waals surface area (Å²) in [6.07, 6.45) is 8.89. The summed E-state index contributed by atoms with van der Waals surface area (Å²) in [6.45, 7) is 0. The highest BCUT2D eigenvalue weighted by Gasteiger charge is 2.14. The SMILES string of the molecule is O=S(=O)(O)CCCCc1ccc(C2CCCCC2)cc1. The highest BCUT2D eigenvalue weighted by Crippen LogP contribution is 2.32. The van der Waals surface area contributed by atoms with Gasteiger partial charge in [0.05, 0.1) is 5.75 Å². The van der Waals surface area contributed by atoms with Gasteiger partial charge in [-0.05, 0) is 49.1 Å². The van der Waals surface area contributed by atoms with Crippen molar-refractivity contribution in [3.8, 4) is 0 Å². The molecule has 20 heavy (non-hydrogen) atoms. The number of hydrogen-bond donors (Lipinski definition) is 1. The van der Waals surface area contributed by atoms with Crippen molar-refractivity contribution in [1.29, 1.82) is 0 Å². The maximum Gasteiger partial charge on any atom is 0.264 e. The fourth-order valence-corrected chi connectivity index (χ4v) is 3.57. The Morgan fingerprint density at radius 3 is 2.25 bits per heavy atom. The van der Waals surface area contributed by atoms with Crippen LogP contribution in [0, 0.1) is 0 Å². The Balaban J connectivity index is 1.79. The van der Waals surface area contributed by atoms with Crippen molar-refractivity contribution in [3.63, 3.8) is 0 Å². The molecule has 1 aromatic rings. The number of rotatable bonds is 6. The summed E-state index contributed by atoms with van der Waals surface area (Å²) < 4.78 is 29.9. The van der Waals surface area contributed by atoms with E-state index >= 15 is 0 Å². The number of hydrogen-bond acceptors (Lipinski definition) is 2. The Bertz CT molecular complexity index is 499. The van der Waals surface area contributed by atoms with E-state index in [9.17, 15) is 8.42 Å². The van der Waals surface area contributed by atoms with Gasteiger partial charge in [0, 0.05) is 0 Å². The first-order valence-electron chi connectivity index (χ1n) is 7.58. The second-order valence-corrected chi connectivity index (χ2v) is 7.39. The van der Waals surface area contributed by atoms with Crippen molar-refractivity contribution in [2.75, 3.05) is 5.75 Å². The lowest BCUT2D eigenvalue weighted by Gasteiger charge is -2.22. The molecule has 0 unspecified atom stereocenters. The van der Waals surface area contributed by atoms with Crippen LogP contribution in [-0.4, -0.2) is 18.7 Å². The molecule has 1 aromatic carbocycles. The second kappa shape index (κ2) is 7.23. The molecule has 0 atom stereocenters. The molecule has 3 nitrogen and oxygen atoms in total. The summed E-state index contributed by atoms with van der Waals surface area (Å²) in [5.74, 6) is 0.602. The van der Waals surface area contributed by atoms with Crippen LogP contribution < -0.4 is 0 Å². The zero-order chi connectivity index (χ0) is 14.4. The van der Waals surface area contributed by atoms with Gasteiger partial charge in [0.15, 0.2) is 0 Å². The number of unbranched alkanes of at least 4 members (excludes halogenated alkanes) is 1. The van der Waals surface area contributed by atoms with Gasteiger partial charge in [-0.1, -0.05) is 43.5 Å². The van der Waals surface area contributed by atoms with Gasteiger partial charge in [-0.15, -0.1) is 0 Å². The van der Waals surface area contributed by atoms with Gasteiger partial charge < -0.3 is 0 Å². The zero-order valence-corrected chi connectivity index (χ0v) is 12.7. The van der Waals surface area contributed by atoms with Crippen LogP contribution in [0.1, 0.15) is 62.0 Å². The molecule has 112 valence electrons. The molecule has 1 N–H and O–H groups in total. The van der Waals surface area contributed by atoms with E-state index in [0.717, 1.165) is 18.8 Å². The van der Waals surface area contributed by atoms with Crippen molar-refractivity contribution >= 4 is 10.1 Å². The van der Waals surface area contributed by atoms with E-state index in [4.69, 9.17) is 4.55 Å². The molecule has 0 spiro atoms. The summed E-state index contributed by atoms with van der Waals surface area (Å²) in [6, 6.07) is 8.79. The van der Waals surface area contributed by atoms with Crippen molar-refractivity contribution in [2.45, 2.75) is 57.3 Å². The van der Waals surface area contributed by atoms with Crippen LogP contribution in [0.4, 0.5) is 0 Å². The van der Waals surface area contributed by atoms with Crippen molar-refractivity contribution in [3.05, 3.63) is 35.4 Å². The second-order valence-electron chi connectivity index (χ2n) is 5.82. The standard InChI is InChI=1S/C16H24O3S/c17-20(18,19)13-5-4-6-14-9-11-16(12-10-14)15-7-2-1-3-8-15/h9-12,15H,1-8,13H2,(H,17,18,19). The first-order chi connectivity index (χ1) is 9.54. The summed E-state index contributed by atoms with van der Waals surface area (Å²) >= 11 is 0. The van der Waals surface area contributed by atoms with Gasteiger partial charge in [-0.2, -0.15) is 8.42 Å². The van der Waals surface area contributed by atoms with Gasteiger partial charge in [0.2, 0.25) is 0 Å².